The van der Waals surface area contributed by atoms with E-state index in [1.54, 1.807) is 19.1 Å². The quantitative estimate of drug-likeness (QED) is 0.565. The number of carbonyl (C=O) groups is 2. The molecule has 0 radical (unpaired) electrons. The van der Waals surface area contributed by atoms with Gasteiger partial charge >= 0.3 is 0 Å². The first-order valence-electron chi connectivity index (χ1n) is 7.58. The van der Waals surface area contributed by atoms with Crippen molar-refractivity contribution in [3.63, 3.8) is 0 Å². The first kappa shape index (κ1) is 17.2. The number of imide groups is 1. The Morgan fingerprint density at radius 1 is 1.17 bits per heavy atom. The van der Waals surface area contributed by atoms with E-state index >= 15 is 0 Å². The number of aliphatic hydroxyl groups is 1. The van der Waals surface area contributed by atoms with E-state index in [0.29, 0.717) is 36.4 Å². The van der Waals surface area contributed by atoms with Gasteiger partial charge < -0.3 is 14.7 Å². The molecule has 1 N–H and O–H groups in total. The second kappa shape index (κ2) is 7.89. The zero-order valence-corrected chi connectivity index (χ0v) is 13.5. The molecule has 1 aromatic carbocycles. The Morgan fingerprint density at radius 2 is 1.87 bits per heavy atom. The fourth-order valence-electron chi connectivity index (χ4n) is 2.61. The summed E-state index contributed by atoms with van der Waals surface area (Å²) in [7, 11) is 3.29. The molecule has 0 saturated heterocycles. The lowest BCUT2D eigenvalue weighted by molar-refractivity contribution is -0.137. The van der Waals surface area contributed by atoms with Crippen LogP contribution in [0.4, 0.5) is 0 Å². The van der Waals surface area contributed by atoms with Crippen LogP contribution in [0.3, 0.4) is 0 Å². The highest BCUT2D eigenvalue weighted by atomic mass is 16.5. The van der Waals surface area contributed by atoms with Crippen molar-refractivity contribution >= 4 is 17.4 Å². The molecule has 6 heteroatoms. The number of ether oxygens (including phenoxy) is 1. The number of rotatable bonds is 8. The second-order valence-corrected chi connectivity index (χ2v) is 5.34. The predicted molar refractivity (Wildman–Crippen MR) is 86.3 cm³/mol. The van der Waals surface area contributed by atoms with E-state index in [-0.39, 0.29) is 25.0 Å². The molecule has 2 amide bonds. The van der Waals surface area contributed by atoms with Gasteiger partial charge in [0, 0.05) is 33.9 Å². The van der Waals surface area contributed by atoms with Crippen LogP contribution in [0.5, 0.6) is 0 Å². The molecule has 1 aromatic rings. The van der Waals surface area contributed by atoms with Gasteiger partial charge in [-0.25, -0.2) is 0 Å². The van der Waals surface area contributed by atoms with Crippen molar-refractivity contribution in [2.75, 3.05) is 40.5 Å². The molecule has 0 fully saturated rings. The Kier molecular flexibility index (Phi) is 5.90. The molecule has 124 valence electrons. The van der Waals surface area contributed by atoms with E-state index in [2.05, 4.69) is 0 Å². The van der Waals surface area contributed by atoms with Gasteiger partial charge in [-0.1, -0.05) is 30.3 Å². The normalized spacial score (nSPS) is 14.8. The van der Waals surface area contributed by atoms with Gasteiger partial charge in [-0.3, -0.25) is 14.5 Å². The number of hydrogen-bond acceptors (Lipinski definition) is 5. The number of nitrogens with zero attached hydrogens (tertiary/aromatic N) is 2. The third-order valence-corrected chi connectivity index (χ3v) is 3.75. The van der Waals surface area contributed by atoms with Gasteiger partial charge in [0.1, 0.15) is 5.70 Å². The Bertz CT molecular complexity index is 598. The zero-order valence-electron chi connectivity index (χ0n) is 13.5. The maximum atomic E-state index is 12.7. The number of methoxy groups -OCH3 is 1. The van der Waals surface area contributed by atoms with Crippen LogP contribution >= 0.6 is 0 Å². The Labute approximate surface area is 136 Å². The molecule has 1 aliphatic heterocycles. The average molecular weight is 318 g/mol. The molecule has 6 nitrogen and oxygen atoms in total. The summed E-state index contributed by atoms with van der Waals surface area (Å²) in [6.07, 6.45) is 0.590. The molecule has 1 heterocycles. The van der Waals surface area contributed by atoms with Crippen molar-refractivity contribution < 1.29 is 19.4 Å². The summed E-state index contributed by atoms with van der Waals surface area (Å²) in [5.41, 5.74) is 1.44. The smallest absolute Gasteiger partial charge is 0.277 e. The van der Waals surface area contributed by atoms with Crippen LogP contribution in [-0.2, 0) is 14.3 Å². The van der Waals surface area contributed by atoms with Crippen LogP contribution in [0.1, 0.15) is 12.0 Å². The van der Waals surface area contributed by atoms with Gasteiger partial charge in [0.05, 0.1) is 12.2 Å². The van der Waals surface area contributed by atoms with Crippen molar-refractivity contribution in [3.05, 3.63) is 41.6 Å². The van der Waals surface area contributed by atoms with Crippen LogP contribution in [0.15, 0.2) is 36.0 Å². The van der Waals surface area contributed by atoms with E-state index in [4.69, 9.17) is 9.84 Å². The van der Waals surface area contributed by atoms with Crippen molar-refractivity contribution in [1.82, 2.24) is 9.80 Å². The highest BCUT2D eigenvalue weighted by Gasteiger charge is 2.40. The molecule has 0 saturated carbocycles. The maximum absolute atomic E-state index is 12.7. The molecule has 0 aromatic heterocycles. The van der Waals surface area contributed by atoms with E-state index in [0.717, 1.165) is 0 Å². The van der Waals surface area contributed by atoms with Crippen LogP contribution in [0.25, 0.3) is 5.57 Å². The van der Waals surface area contributed by atoms with Gasteiger partial charge in [0.25, 0.3) is 11.8 Å². The number of benzene rings is 1. The van der Waals surface area contributed by atoms with E-state index in [1.807, 2.05) is 30.3 Å². The summed E-state index contributed by atoms with van der Waals surface area (Å²) in [4.78, 5) is 28.3. The number of likely N-dealkylation sites (N-methyl/N-ethyl adjacent to an activating group) is 1. The summed E-state index contributed by atoms with van der Waals surface area (Å²) in [5.74, 6) is -0.613. The Hall–Kier alpha value is -2.18. The highest BCUT2D eigenvalue weighted by molar-refractivity contribution is 6.35. The first-order chi connectivity index (χ1) is 11.1. The molecule has 0 aliphatic carbocycles. The van der Waals surface area contributed by atoms with Crippen LogP contribution in [-0.4, -0.2) is 67.2 Å². The van der Waals surface area contributed by atoms with Gasteiger partial charge in [0.2, 0.25) is 0 Å². The number of carbonyl (C=O) groups excluding carboxylic acids is 2. The predicted octanol–water partition coefficient (Wildman–Crippen LogP) is 0.727. The lowest BCUT2D eigenvalue weighted by Gasteiger charge is -2.20. The Balaban J connectivity index is 2.37. The summed E-state index contributed by atoms with van der Waals surface area (Å²) in [6.45, 7) is 1.00. The zero-order chi connectivity index (χ0) is 16.8. The Morgan fingerprint density at radius 3 is 2.48 bits per heavy atom. The van der Waals surface area contributed by atoms with Crippen molar-refractivity contribution in [2.45, 2.75) is 6.42 Å². The minimum atomic E-state index is -0.319. The number of amides is 2. The third kappa shape index (κ3) is 3.60. The van der Waals surface area contributed by atoms with Crippen molar-refractivity contribution in [1.29, 1.82) is 0 Å². The molecule has 0 atom stereocenters. The fraction of sp³-hybridized carbons (Fsp3) is 0.412. The lowest BCUT2D eigenvalue weighted by atomic mass is 10.0. The van der Waals surface area contributed by atoms with Crippen LogP contribution < -0.4 is 0 Å². The summed E-state index contributed by atoms with van der Waals surface area (Å²) < 4.78 is 4.99. The number of aliphatic hydroxyl groups excluding tert-OH is 1. The van der Waals surface area contributed by atoms with Crippen molar-refractivity contribution in [3.8, 4) is 0 Å². The standard InChI is InChI=1S/C17H22N2O4/c1-18(10-11-20)15-14(13-7-4-3-5-8-13)16(21)19(17(15)22)9-6-12-23-2/h3-5,7-8,20H,6,9-12H2,1-2H3. The van der Waals surface area contributed by atoms with E-state index in [1.165, 1.54) is 4.90 Å². The largest absolute Gasteiger partial charge is 0.395 e. The third-order valence-electron chi connectivity index (χ3n) is 3.75. The highest BCUT2D eigenvalue weighted by Crippen LogP contribution is 2.30. The fourth-order valence-corrected chi connectivity index (χ4v) is 2.61. The molecule has 0 unspecified atom stereocenters. The molecular weight excluding hydrogens is 296 g/mol. The van der Waals surface area contributed by atoms with Crippen molar-refractivity contribution in [2.24, 2.45) is 0 Å². The summed E-state index contributed by atoms with van der Waals surface area (Å²) in [5, 5.41) is 9.15. The minimum absolute atomic E-state index is 0.0901. The van der Waals surface area contributed by atoms with Gasteiger partial charge in [0.15, 0.2) is 0 Å². The molecule has 2 rings (SSSR count). The monoisotopic (exact) mass is 318 g/mol. The molecule has 1 aliphatic rings. The van der Waals surface area contributed by atoms with Gasteiger partial charge in [-0.15, -0.1) is 0 Å². The number of hydrogen-bond donors (Lipinski definition) is 1. The SMILES string of the molecule is COCCCN1C(=O)C(c2ccccc2)=C(N(C)CCO)C1=O. The van der Waals surface area contributed by atoms with Crippen LogP contribution in [0, 0.1) is 0 Å². The molecule has 23 heavy (non-hydrogen) atoms. The molecule has 0 spiro atoms. The van der Waals surface area contributed by atoms with E-state index in [9.17, 15) is 9.59 Å². The second-order valence-electron chi connectivity index (χ2n) is 5.34. The maximum Gasteiger partial charge on any atom is 0.277 e. The summed E-state index contributed by atoms with van der Waals surface area (Å²) >= 11 is 0. The topological polar surface area (TPSA) is 70.1 Å². The lowest BCUT2D eigenvalue weighted by Crippen LogP contribution is -2.35. The van der Waals surface area contributed by atoms with Gasteiger partial charge in [-0.2, -0.15) is 0 Å². The minimum Gasteiger partial charge on any atom is -0.395 e. The summed E-state index contributed by atoms with van der Waals surface area (Å²) in [6, 6.07) is 9.14. The average Bonchev–Trinajstić information content (AvgIpc) is 2.80. The van der Waals surface area contributed by atoms with E-state index < -0.39 is 0 Å². The molecule has 0 bridgehead atoms. The van der Waals surface area contributed by atoms with Gasteiger partial charge in [-0.05, 0) is 12.0 Å². The first-order valence-corrected chi connectivity index (χ1v) is 7.58. The van der Waals surface area contributed by atoms with Crippen LogP contribution in [0.2, 0.25) is 0 Å². The molecular formula is C17H22N2O4.